The summed E-state index contributed by atoms with van der Waals surface area (Å²) in [5.41, 5.74) is 0. The quantitative estimate of drug-likeness (QED) is 0.464. The normalized spacial score (nSPS) is 9.50. The molecule has 0 aliphatic carbocycles. The summed E-state index contributed by atoms with van der Waals surface area (Å²) in [7, 11) is 0. The Balaban J connectivity index is 3.47. The molecule has 0 saturated heterocycles. The molecule has 0 aromatic rings. The molecule has 0 fully saturated rings. The van der Waals surface area contributed by atoms with Gasteiger partial charge in [0.25, 0.3) is 0 Å². The number of carbonyl (C=O) groups is 2. The summed E-state index contributed by atoms with van der Waals surface area (Å²) < 4.78 is 4.67. The van der Waals surface area contributed by atoms with Crippen LogP contribution >= 0.6 is 0 Å². The van der Waals surface area contributed by atoms with Crippen molar-refractivity contribution in [2.24, 2.45) is 0 Å². The number of esters is 1. The lowest BCUT2D eigenvalue weighted by atomic mass is 10.2. The molecule has 1 N–H and O–H groups in total. The van der Waals surface area contributed by atoms with Crippen molar-refractivity contribution in [3.05, 3.63) is 0 Å². The highest BCUT2D eigenvalue weighted by Gasteiger charge is 2.08. The molecule has 0 aliphatic heterocycles. The third-order valence-corrected chi connectivity index (χ3v) is 1.20. The van der Waals surface area contributed by atoms with Crippen molar-refractivity contribution >= 4 is 11.8 Å². The number of aliphatic hydroxyl groups excluding tert-OH is 1. The van der Waals surface area contributed by atoms with Gasteiger partial charge >= 0.3 is 5.97 Å². The van der Waals surface area contributed by atoms with Gasteiger partial charge in [0.05, 0.1) is 6.61 Å². The Hall–Kier alpha value is -0.900. The number of aliphatic hydroxyl groups is 1. The Morgan fingerprint density at radius 1 is 1.42 bits per heavy atom. The van der Waals surface area contributed by atoms with Gasteiger partial charge in [-0.1, -0.05) is 6.92 Å². The van der Waals surface area contributed by atoms with E-state index in [0.717, 1.165) is 6.42 Å². The first-order chi connectivity index (χ1) is 5.70. The Kier molecular flexibility index (Phi) is 6.28. The summed E-state index contributed by atoms with van der Waals surface area (Å²) in [4.78, 5) is 21.5. The Bertz CT molecular complexity index is 153. The van der Waals surface area contributed by atoms with Crippen LogP contribution in [0.5, 0.6) is 0 Å². The monoisotopic (exact) mass is 174 g/mol. The molecule has 0 bridgehead atoms. The molecular weight excluding hydrogens is 160 g/mol. The summed E-state index contributed by atoms with van der Waals surface area (Å²) >= 11 is 0. The number of ether oxygens (including phenoxy) is 1. The van der Waals surface area contributed by atoms with Crippen LogP contribution in [0.15, 0.2) is 0 Å². The van der Waals surface area contributed by atoms with Gasteiger partial charge in [-0.05, 0) is 6.42 Å². The molecule has 12 heavy (non-hydrogen) atoms. The maximum absolute atomic E-state index is 10.8. The first-order valence-corrected chi connectivity index (χ1v) is 3.99. The van der Waals surface area contributed by atoms with E-state index in [2.05, 4.69) is 4.74 Å². The minimum Gasteiger partial charge on any atom is -0.465 e. The number of hydrogen-bond donors (Lipinski definition) is 1. The van der Waals surface area contributed by atoms with Crippen molar-refractivity contribution in [2.45, 2.75) is 26.2 Å². The zero-order chi connectivity index (χ0) is 9.40. The van der Waals surface area contributed by atoms with Gasteiger partial charge in [-0.15, -0.1) is 0 Å². The lowest BCUT2D eigenvalue weighted by Crippen LogP contribution is -2.12. The molecule has 0 saturated carbocycles. The molecule has 0 radical (unpaired) electrons. The van der Waals surface area contributed by atoms with Crippen molar-refractivity contribution in [1.82, 2.24) is 0 Å². The van der Waals surface area contributed by atoms with Crippen LogP contribution in [-0.4, -0.2) is 30.1 Å². The number of hydrogen-bond acceptors (Lipinski definition) is 4. The van der Waals surface area contributed by atoms with Crippen LogP contribution in [0.25, 0.3) is 0 Å². The number of carbonyl (C=O) groups excluding carboxylic acids is 2. The standard InChI is InChI=1S/C8H14O4/c1-2-5-12-8(11)6-7(10)3-4-9/h9H,2-6H2,1H3. The van der Waals surface area contributed by atoms with E-state index in [1.165, 1.54) is 0 Å². The van der Waals surface area contributed by atoms with Gasteiger partial charge in [-0.2, -0.15) is 0 Å². The third kappa shape index (κ3) is 5.85. The SMILES string of the molecule is CCCOC(=O)CC(=O)CCO. The highest BCUT2D eigenvalue weighted by atomic mass is 16.5. The van der Waals surface area contributed by atoms with Gasteiger partial charge < -0.3 is 9.84 Å². The second kappa shape index (κ2) is 6.79. The lowest BCUT2D eigenvalue weighted by molar-refractivity contribution is -0.146. The van der Waals surface area contributed by atoms with E-state index in [4.69, 9.17) is 5.11 Å². The molecule has 4 heteroatoms. The second-order valence-electron chi connectivity index (χ2n) is 2.41. The highest BCUT2D eigenvalue weighted by Crippen LogP contribution is 1.93. The highest BCUT2D eigenvalue weighted by molar-refractivity contribution is 5.95. The number of ketones is 1. The first kappa shape index (κ1) is 11.1. The van der Waals surface area contributed by atoms with Gasteiger partial charge in [0.2, 0.25) is 0 Å². The maximum atomic E-state index is 10.8. The summed E-state index contributed by atoms with van der Waals surface area (Å²) in [6, 6.07) is 0. The molecule has 0 aromatic heterocycles. The largest absolute Gasteiger partial charge is 0.465 e. The van der Waals surface area contributed by atoms with Crippen molar-refractivity contribution < 1.29 is 19.4 Å². The van der Waals surface area contributed by atoms with Crippen molar-refractivity contribution in [2.75, 3.05) is 13.2 Å². The van der Waals surface area contributed by atoms with Crippen LogP contribution < -0.4 is 0 Å². The van der Waals surface area contributed by atoms with Crippen LogP contribution in [0.2, 0.25) is 0 Å². The smallest absolute Gasteiger partial charge is 0.313 e. The van der Waals surface area contributed by atoms with Crippen molar-refractivity contribution in [3.8, 4) is 0 Å². The van der Waals surface area contributed by atoms with E-state index >= 15 is 0 Å². The summed E-state index contributed by atoms with van der Waals surface area (Å²) in [5.74, 6) is -0.783. The molecule has 0 aliphatic rings. The molecule has 0 heterocycles. The fourth-order valence-corrected chi connectivity index (χ4v) is 0.641. The van der Waals surface area contributed by atoms with Crippen molar-refractivity contribution in [3.63, 3.8) is 0 Å². The average molecular weight is 174 g/mol. The summed E-state index contributed by atoms with van der Waals surface area (Å²) in [6.07, 6.45) is 0.557. The van der Waals surface area contributed by atoms with E-state index in [9.17, 15) is 9.59 Å². The molecule has 0 unspecified atom stereocenters. The molecule has 4 nitrogen and oxygen atoms in total. The maximum Gasteiger partial charge on any atom is 0.313 e. The Labute approximate surface area is 71.5 Å². The second-order valence-corrected chi connectivity index (χ2v) is 2.41. The zero-order valence-corrected chi connectivity index (χ0v) is 7.21. The van der Waals surface area contributed by atoms with Crippen LogP contribution in [-0.2, 0) is 14.3 Å². The Morgan fingerprint density at radius 2 is 2.08 bits per heavy atom. The van der Waals surface area contributed by atoms with Gasteiger partial charge in [0, 0.05) is 13.0 Å². The summed E-state index contributed by atoms with van der Waals surface area (Å²) in [5, 5.41) is 8.35. The van der Waals surface area contributed by atoms with Crippen molar-refractivity contribution in [1.29, 1.82) is 0 Å². The van der Waals surface area contributed by atoms with E-state index < -0.39 is 5.97 Å². The van der Waals surface area contributed by atoms with Crippen LogP contribution in [0.4, 0.5) is 0 Å². The topological polar surface area (TPSA) is 63.6 Å². The van der Waals surface area contributed by atoms with Gasteiger partial charge in [-0.25, -0.2) is 0 Å². The third-order valence-electron chi connectivity index (χ3n) is 1.20. The average Bonchev–Trinajstić information content (AvgIpc) is 2.01. The zero-order valence-electron chi connectivity index (χ0n) is 7.21. The molecule has 70 valence electrons. The van der Waals surface area contributed by atoms with E-state index in [1.807, 2.05) is 6.92 Å². The molecule has 0 amide bonds. The summed E-state index contributed by atoms with van der Waals surface area (Å²) in [6.45, 7) is 2.02. The molecule has 0 spiro atoms. The predicted octanol–water partition coefficient (Wildman–Crippen LogP) is 0.281. The minimum absolute atomic E-state index is 0.0290. The molecule has 0 aromatic carbocycles. The minimum atomic E-state index is -0.504. The van der Waals surface area contributed by atoms with E-state index in [1.54, 1.807) is 0 Å². The number of rotatable bonds is 6. The lowest BCUT2D eigenvalue weighted by Gasteiger charge is -2.00. The molecule has 0 rings (SSSR count). The first-order valence-electron chi connectivity index (χ1n) is 3.99. The van der Waals surface area contributed by atoms with Gasteiger partial charge in [0.1, 0.15) is 12.2 Å². The van der Waals surface area contributed by atoms with E-state index in [0.29, 0.717) is 6.61 Å². The molecular formula is C8H14O4. The molecule has 0 atom stereocenters. The van der Waals surface area contributed by atoms with Crippen LogP contribution in [0.1, 0.15) is 26.2 Å². The fourth-order valence-electron chi connectivity index (χ4n) is 0.641. The predicted molar refractivity (Wildman–Crippen MR) is 42.6 cm³/mol. The van der Waals surface area contributed by atoms with Crippen LogP contribution in [0.3, 0.4) is 0 Å². The fraction of sp³-hybridized carbons (Fsp3) is 0.750. The van der Waals surface area contributed by atoms with Gasteiger partial charge in [0.15, 0.2) is 0 Å². The van der Waals surface area contributed by atoms with Crippen LogP contribution in [0, 0.1) is 0 Å². The van der Waals surface area contributed by atoms with E-state index in [-0.39, 0.29) is 25.2 Å². The van der Waals surface area contributed by atoms with Gasteiger partial charge in [-0.3, -0.25) is 9.59 Å². The Morgan fingerprint density at radius 3 is 2.58 bits per heavy atom. The number of Topliss-reactive ketones (excluding diaryl/α,β-unsaturated/α-hetero) is 1.